The molecule has 6 heteroatoms. The second kappa shape index (κ2) is 4.15. The summed E-state index contributed by atoms with van der Waals surface area (Å²) in [5.74, 6) is 0.568. The molecule has 1 aliphatic carbocycles. The van der Waals surface area contributed by atoms with E-state index in [1.54, 1.807) is 17.0 Å². The Labute approximate surface area is 110 Å². The van der Waals surface area contributed by atoms with Crippen molar-refractivity contribution in [1.29, 1.82) is 5.41 Å². The van der Waals surface area contributed by atoms with Crippen LogP contribution in [0.5, 0.6) is 11.5 Å². The number of carbonyl (C=O) groups is 1. The third-order valence-electron chi connectivity index (χ3n) is 3.49. The van der Waals surface area contributed by atoms with Gasteiger partial charge in [0.25, 0.3) is 0 Å². The average molecular weight is 261 g/mol. The molecule has 1 aromatic carbocycles. The molecule has 19 heavy (non-hydrogen) atoms. The summed E-state index contributed by atoms with van der Waals surface area (Å²) < 4.78 is 5.07. The largest absolute Gasteiger partial charge is 0.504 e. The number of rotatable bonds is 3. The number of hydrogen-bond donors (Lipinski definition) is 3. The molecule has 1 saturated heterocycles. The van der Waals surface area contributed by atoms with Gasteiger partial charge >= 0.3 is 6.03 Å². The van der Waals surface area contributed by atoms with Crippen molar-refractivity contribution in [3.63, 3.8) is 0 Å². The highest BCUT2D eigenvalue weighted by Crippen LogP contribution is 2.39. The van der Waals surface area contributed by atoms with E-state index in [1.165, 1.54) is 13.2 Å². The Morgan fingerprint density at radius 2 is 2.21 bits per heavy atom. The van der Waals surface area contributed by atoms with Crippen molar-refractivity contribution in [2.24, 2.45) is 0 Å². The lowest BCUT2D eigenvalue weighted by molar-refractivity contribution is 0.202. The van der Waals surface area contributed by atoms with E-state index in [1.807, 2.05) is 0 Å². The number of ether oxygens (including phenoxy) is 1. The molecular formula is C13H15N3O3. The van der Waals surface area contributed by atoms with Crippen molar-refractivity contribution in [3.05, 3.63) is 23.8 Å². The van der Waals surface area contributed by atoms with Crippen LogP contribution >= 0.6 is 0 Å². The summed E-state index contributed by atoms with van der Waals surface area (Å²) in [4.78, 5) is 13.6. The van der Waals surface area contributed by atoms with Gasteiger partial charge < -0.3 is 14.7 Å². The molecule has 0 bridgehead atoms. The molecule has 1 unspecified atom stereocenters. The van der Waals surface area contributed by atoms with E-state index >= 15 is 0 Å². The third-order valence-corrected chi connectivity index (χ3v) is 3.49. The maximum Gasteiger partial charge on any atom is 0.323 e. The molecule has 1 aromatic rings. The number of nitrogens with one attached hydrogen (secondary N) is 2. The number of amidine groups is 1. The second-order valence-corrected chi connectivity index (χ2v) is 4.82. The molecule has 1 saturated carbocycles. The van der Waals surface area contributed by atoms with E-state index in [2.05, 4.69) is 5.32 Å². The van der Waals surface area contributed by atoms with Gasteiger partial charge in [-0.05, 0) is 30.5 Å². The zero-order valence-corrected chi connectivity index (χ0v) is 10.5. The fraction of sp³-hybridized carbons (Fsp3) is 0.385. The van der Waals surface area contributed by atoms with Gasteiger partial charge in [0.05, 0.1) is 7.11 Å². The maximum absolute atomic E-state index is 11.9. The van der Waals surface area contributed by atoms with Crippen LogP contribution in [0.1, 0.15) is 24.4 Å². The Morgan fingerprint density at radius 1 is 1.47 bits per heavy atom. The molecule has 100 valence electrons. The van der Waals surface area contributed by atoms with Crippen LogP contribution in [0, 0.1) is 5.41 Å². The summed E-state index contributed by atoms with van der Waals surface area (Å²) in [5, 5.41) is 20.1. The number of amides is 2. The van der Waals surface area contributed by atoms with Crippen molar-refractivity contribution in [1.82, 2.24) is 10.2 Å². The van der Waals surface area contributed by atoms with Gasteiger partial charge in [-0.2, -0.15) is 0 Å². The molecule has 0 aromatic heterocycles. The lowest BCUT2D eigenvalue weighted by atomic mass is 10.0. The minimum atomic E-state index is -0.408. The van der Waals surface area contributed by atoms with Gasteiger partial charge in [0, 0.05) is 6.04 Å². The van der Waals surface area contributed by atoms with Crippen LogP contribution in [0.25, 0.3) is 0 Å². The lowest BCUT2D eigenvalue weighted by Crippen LogP contribution is -2.31. The van der Waals surface area contributed by atoms with Gasteiger partial charge in [0.2, 0.25) is 0 Å². The summed E-state index contributed by atoms with van der Waals surface area (Å²) >= 11 is 0. The summed E-state index contributed by atoms with van der Waals surface area (Å²) in [7, 11) is 1.47. The van der Waals surface area contributed by atoms with Gasteiger partial charge in [0.15, 0.2) is 11.5 Å². The maximum atomic E-state index is 11.9. The van der Waals surface area contributed by atoms with E-state index in [-0.39, 0.29) is 23.7 Å². The minimum absolute atomic E-state index is 0.0491. The van der Waals surface area contributed by atoms with Crippen LogP contribution in [-0.4, -0.2) is 35.0 Å². The molecule has 1 atom stereocenters. The zero-order chi connectivity index (χ0) is 13.6. The molecule has 0 spiro atoms. The number of benzene rings is 1. The van der Waals surface area contributed by atoms with Crippen LogP contribution in [0.3, 0.4) is 0 Å². The van der Waals surface area contributed by atoms with Crippen LogP contribution in [0.4, 0.5) is 4.79 Å². The zero-order valence-electron chi connectivity index (χ0n) is 10.5. The first-order valence-corrected chi connectivity index (χ1v) is 6.16. The molecule has 3 N–H and O–H groups in total. The van der Waals surface area contributed by atoms with Crippen molar-refractivity contribution in [2.75, 3.05) is 7.11 Å². The summed E-state index contributed by atoms with van der Waals surface area (Å²) in [6.07, 6.45) is 1.96. The SMILES string of the molecule is COc1cc(C2C(=N)NC(=O)N2C2CC2)ccc1O. The van der Waals surface area contributed by atoms with E-state index in [4.69, 9.17) is 10.1 Å². The van der Waals surface area contributed by atoms with E-state index in [0.29, 0.717) is 5.75 Å². The van der Waals surface area contributed by atoms with E-state index < -0.39 is 6.04 Å². The van der Waals surface area contributed by atoms with Gasteiger partial charge in [-0.25, -0.2) is 4.79 Å². The Morgan fingerprint density at radius 3 is 2.84 bits per heavy atom. The monoisotopic (exact) mass is 261 g/mol. The van der Waals surface area contributed by atoms with Crippen molar-refractivity contribution in [2.45, 2.75) is 24.9 Å². The number of methoxy groups -OCH3 is 1. The standard InChI is InChI=1S/C13H15N3O3/c1-19-10-6-7(2-5-9(10)17)11-12(14)15-13(18)16(11)8-3-4-8/h2,5-6,8,11,17H,3-4H2,1H3,(H2,14,15,18). The Kier molecular flexibility index (Phi) is 2.58. The molecule has 6 nitrogen and oxygen atoms in total. The first kappa shape index (κ1) is 11.8. The normalized spacial score (nSPS) is 22.6. The molecule has 2 fully saturated rings. The predicted octanol–water partition coefficient (Wildman–Crippen LogP) is 1.61. The molecule has 3 rings (SSSR count). The Bertz CT molecular complexity index is 554. The summed E-state index contributed by atoms with van der Waals surface area (Å²) in [6, 6.07) is 4.50. The van der Waals surface area contributed by atoms with Gasteiger partial charge in [-0.15, -0.1) is 0 Å². The first-order chi connectivity index (χ1) is 9.11. The van der Waals surface area contributed by atoms with Crippen LogP contribution in [-0.2, 0) is 0 Å². The van der Waals surface area contributed by atoms with E-state index in [9.17, 15) is 9.90 Å². The molecule has 2 aliphatic rings. The number of carbonyl (C=O) groups excluding carboxylic acids is 1. The Hall–Kier alpha value is -2.24. The predicted molar refractivity (Wildman–Crippen MR) is 68.5 cm³/mol. The highest BCUT2D eigenvalue weighted by atomic mass is 16.5. The molecule has 1 aliphatic heterocycles. The summed E-state index contributed by atoms with van der Waals surface area (Å²) in [6.45, 7) is 0. The van der Waals surface area contributed by atoms with Gasteiger partial charge in [0.1, 0.15) is 11.9 Å². The van der Waals surface area contributed by atoms with Gasteiger partial charge in [-0.1, -0.05) is 6.07 Å². The number of hydrogen-bond acceptors (Lipinski definition) is 4. The average Bonchev–Trinajstić information content (AvgIpc) is 3.16. The Balaban J connectivity index is 1.99. The number of aromatic hydroxyl groups is 1. The molecule has 1 heterocycles. The second-order valence-electron chi connectivity index (χ2n) is 4.82. The van der Waals surface area contributed by atoms with Gasteiger partial charge in [-0.3, -0.25) is 10.7 Å². The first-order valence-electron chi connectivity index (χ1n) is 6.16. The fourth-order valence-corrected chi connectivity index (χ4v) is 2.43. The molecule has 2 amide bonds. The van der Waals surface area contributed by atoms with Crippen LogP contribution in [0.2, 0.25) is 0 Å². The van der Waals surface area contributed by atoms with Crippen molar-refractivity contribution in [3.8, 4) is 11.5 Å². The van der Waals surface area contributed by atoms with Crippen molar-refractivity contribution < 1.29 is 14.6 Å². The number of phenols is 1. The fourth-order valence-electron chi connectivity index (χ4n) is 2.43. The van der Waals surface area contributed by atoms with Crippen LogP contribution in [0.15, 0.2) is 18.2 Å². The third kappa shape index (κ3) is 1.89. The van der Waals surface area contributed by atoms with E-state index in [0.717, 1.165) is 18.4 Å². The smallest absolute Gasteiger partial charge is 0.323 e. The topological polar surface area (TPSA) is 85.7 Å². The summed E-state index contributed by atoms with van der Waals surface area (Å²) in [5.41, 5.74) is 0.768. The number of urea groups is 1. The quantitative estimate of drug-likeness (QED) is 0.772. The lowest BCUT2D eigenvalue weighted by Gasteiger charge is -2.23. The molecular weight excluding hydrogens is 246 g/mol. The molecule has 0 radical (unpaired) electrons. The highest BCUT2D eigenvalue weighted by Gasteiger charge is 2.45. The minimum Gasteiger partial charge on any atom is -0.504 e. The number of nitrogens with zero attached hydrogens (tertiary/aromatic N) is 1. The highest BCUT2D eigenvalue weighted by molar-refractivity contribution is 6.06. The van der Waals surface area contributed by atoms with Crippen LogP contribution < -0.4 is 10.1 Å². The van der Waals surface area contributed by atoms with Crippen molar-refractivity contribution >= 4 is 11.9 Å². The number of phenolic OH excluding ortho intramolecular Hbond substituents is 1.